The molecule has 6 nitrogen and oxygen atoms in total. The average molecular weight is 550 g/mol. The molecule has 0 spiro atoms. The number of nitrogens with zero attached hydrogens (tertiary/aromatic N) is 1. The Morgan fingerprint density at radius 1 is 0.780 bits per heavy atom. The average Bonchev–Trinajstić information content (AvgIpc) is 2.97. The molecule has 0 atom stereocenters. The highest BCUT2D eigenvalue weighted by Gasteiger charge is 2.24. The van der Waals surface area contributed by atoms with Crippen LogP contribution in [-0.2, 0) is 6.61 Å². The van der Waals surface area contributed by atoms with Crippen LogP contribution in [0.1, 0.15) is 55.8 Å². The molecular weight excluding hydrogens is 514 g/mol. The first kappa shape index (κ1) is 28.0. The van der Waals surface area contributed by atoms with Crippen molar-refractivity contribution in [2.75, 3.05) is 13.1 Å². The molecule has 0 bridgehead atoms. The SMILES string of the molecule is Cc1ccc(C(=O)N2CCC(Oc3ccc(COc4ccc(-c5cc(C)c(C(=O)O)c(C)c5)cc4)cc3)CC2)cc1. The van der Waals surface area contributed by atoms with Crippen LogP contribution < -0.4 is 9.47 Å². The standard InChI is InChI=1S/C35H35NO5/c1-23-4-8-28(9-5-23)34(37)36-18-16-32(17-19-36)41-31-12-6-26(7-13-31)22-40-30-14-10-27(11-15-30)29-20-24(2)33(35(38)39)25(3)21-29/h4-15,20-21,32H,16-19,22H2,1-3H3,(H,38,39). The number of ether oxygens (including phenoxy) is 2. The van der Waals surface area contributed by atoms with E-state index >= 15 is 0 Å². The third kappa shape index (κ3) is 6.77. The molecule has 4 aromatic carbocycles. The predicted octanol–water partition coefficient (Wildman–Crippen LogP) is 7.24. The number of aryl methyl sites for hydroxylation is 3. The molecule has 210 valence electrons. The van der Waals surface area contributed by atoms with E-state index in [4.69, 9.17) is 9.47 Å². The Hall–Kier alpha value is -4.58. The van der Waals surface area contributed by atoms with Crippen LogP contribution >= 0.6 is 0 Å². The van der Waals surface area contributed by atoms with Gasteiger partial charge in [0.05, 0.1) is 5.56 Å². The van der Waals surface area contributed by atoms with Crippen molar-refractivity contribution in [2.24, 2.45) is 0 Å². The third-order valence-electron chi connectivity index (χ3n) is 7.59. The maximum absolute atomic E-state index is 12.8. The molecule has 1 N–H and O–H groups in total. The van der Waals surface area contributed by atoms with Crippen molar-refractivity contribution in [1.29, 1.82) is 0 Å². The Bertz CT molecular complexity index is 1490. The highest BCUT2D eigenvalue weighted by molar-refractivity contribution is 5.94. The van der Waals surface area contributed by atoms with Gasteiger partial charge in [-0.1, -0.05) is 54.1 Å². The highest BCUT2D eigenvalue weighted by Crippen LogP contribution is 2.28. The lowest BCUT2D eigenvalue weighted by molar-refractivity contribution is 0.0594. The summed E-state index contributed by atoms with van der Waals surface area (Å²) in [5.41, 5.74) is 6.77. The van der Waals surface area contributed by atoms with Gasteiger partial charge in [0.15, 0.2) is 0 Å². The van der Waals surface area contributed by atoms with E-state index in [1.54, 1.807) is 0 Å². The molecular formula is C35H35NO5. The summed E-state index contributed by atoms with van der Waals surface area (Å²) in [5.74, 6) is 0.766. The molecule has 0 unspecified atom stereocenters. The van der Waals surface area contributed by atoms with E-state index < -0.39 is 5.97 Å². The van der Waals surface area contributed by atoms with Crippen molar-refractivity contribution < 1.29 is 24.2 Å². The summed E-state index contributed by atoms with van der Waals surface area (Å²) in [6.07, 6.45) is 1.70. The largest absolute Gasteiger partial charge is 0.490 e. The number of carbonyl (C=O) groups excluding carboxylic acids is 1. The van der Waals surface area contributed by atoms with Gasteiger partial charge in [0, 0.05) is 31.5 Å². The van der Waals surface area contributed by atoms with Gasteiger partial charge in [-0.15, -0.1) is 0 Å². The molecule has 1 fully saturated rings. The second kappa shape index (κ2) is 12.3. The Labute approximate surface area is 241 Å². The molecule has 1 aliphatic rings. The zero-order chi connectivity index (χ0) is 28.9. The van der Waals surface area contributed by atoms with E-state index in [0.717, 1.165) is 63.3 Å². The Morgan fingerprint density at radius 2 is 1.37 bits per heavy atom. The number of carboxylic acid groups (broad SMARTS) is 1. The van der Waals surface area contributed by atoms with E-state index in [-0.39, 0.29) is 12.0 Å². The molecule has 4 aromatic rings. The van der Waals surface area contributed by atoms with Gasteiger partial charge in [0.2, 0.25) is 0 Å². The quantitative estimate of drug-likeness (QED) is 0.251. The molecule has 6 heteroatoms. The number of likely N-dealkylation sites (tertiary alicyclic amines) is 1. The zero-order valence-electron chi connectivity index (χ0n) is 23.7. The van der Waals surface area contributed by atoms with Gasteiger partial charge < -0.3 is 19.5 Å². The molecule has 0 saturated carbocycles. The first-order valence-electron chi connectivity index (χ1n) is 14.0. The first-order valence-corrected chi connectivity index (χ1v) is 14.0. The van der Waals surface area contributed by atoms with Gasteiger partial charge in [0.25, 0.3) is 5.91 Å². The van der Waals surface area contributed by atoms with Crippen molar-refractivity contribution in [3.8, 4) is 22.6 Å². The lowest BCUT2D eigenvalue weighted by Gasteiger charge is -2.32. The van der Waals surface area contributed by atoms with E-state index in [0.29, 0.717) is 25.3 Å². The molecule has 5 rings (SSSR count). The molecule has 1 amide bonds. The molecule has 41 heavy (non-hydrogen) atoms. The molecule has 1 heterocycles. The number of carboxylic acids is 1. The van der Waals surface area contributed by atoms with E-state index in [1.807, 2.05) is 111 Å². The van der Waals surface area contributed by atoms with Crippen LogP contribution in [0.5, 0.6) is 11.5 Å². The lowest BCUT2D eigenvalue weighted by atomic mass is 9.95. The molecule has 0 aliphatic carbocycles. The molecule has 0 radical (unpaired) electrons. The number of hydrogen-bond donors (Lipinski definition) is 1. The van der Waals surface area contributed by atoms with Gasteiger partial charge in [0.1, 0.15) is 24.2 Å². The van der Waals surface area contributed by atoms with Crippen LogP contribution in [0.4, 0.5) is 0 Å². The second-order valence-electron chi connectivity index (χ2n) is 10.7. The lowest BCUT2D eigenvalue weighted by Crippen LogP contribution is -2.41. The van der Waals surface area contributed by atoms with Crippen molar-refractivity contribution in [2.45, 2.75) is 46.3 Å². The molecule has 1 aliphatic heterocycles. The van der Waals surface area contributed by atoms with Crippen LogP contribution in [0.15, 0.2) is 84.9 Å². The van der Waals surface area contributed by atoms with Gasteiger partial charge in [-0.05, 0) is 85.0 Å². The van der Waals surface area contributed by atoms with E-state index in [1.165, 1.54) is 0 Å². The van der Waals surface area contributed by atoms with Gasteiger partial charge in [-0.3, -0.25) is 4.79 Å². The smallest absolute Gasteiger partial charge is 0.336 e. The van der Waals surface area contributed by atoms with Gasteiger partial charge in [-0.2, -0.15) is 0 Å². The number of benzene rings is 4. The monoisotopic (exact) mass is 549 g/mol. The minimum absolute atomic E-state index is 0.0852. The first-order chi connectivity index (χ1) is 19.8. The van der Waals surface area contributed by atoms with Crippen LogP contribution in [0, 0.1) is 20.8 Å². The van der Waals surface area contributed by atoms with Crippen LogP contribution in [0.2, 0.25) is 0 Å². The second-order valence-corrected chi connectivity index (χ2v) is 10.7. The summed E-state index contributed by atoms with van der Waals surface area (Å²) >= 11 is 0. The van der Waals surface area contributed by atoms with Crippen molar-refractivity contribution in [1.82, 2.24) is 4.90 Å². The minimum atomic E-state index is -0.900. The maximum Gasteiger partial charge on any atom is 0.336 e. The molecule has 0 aromatic heterocycles. The number of amides is 1. The Morgan fingerprint density at radius 3 is 1.95 bits per heavy atom. The number of rotatable bonds is 8. The number of piperidine rings is 1. The summed E-state index contributed by atoms with van der Waals surface area (Å²) in [5, 5.41) is 9.42. The Kier molecular flexibility index (Phi) is 8.39. The van der Waals surface area contributed by atoms with E-state index in [9.17, 15) is 14.7 Å². The van der Waals surface area contributed by atoms with Crippen LogP contribution in [0.25, 0.3) is 11.1 Å². The topological polar surface area (TPSA) is 76.1 Å². The summed E-state index contributed by atoms with van der Waals surface area (Å²) in [4.78, 5) is 26.2. The normalized spacial score (nSPS) is 13.6. The van der Waals surface area contributed by atoms with Gasteiger partial charge >= 0.3 is 5.97 Å². The number of hydrogen-bond acceptors (Lipinski definition) is 4. The third-order valence-corrected chi connectivity index (χ3v) is 7.59. The fourth-order valence-electron chi connectivity index (χ4n) is 5.29. The fourth-order valence-corrected chi connectivity index (χ4v) is 5.29. The summed E-state index contributed by atoms with van der Waals surface area (Å²) in [6.45, 7) is 7.48. The Balaban J connectivity index is 1.10. The summed E-state index contributed by atoms with van der Waals surface area (Å²) in [6, 6.07) is 27.3. The predicted molar refractivity (Wildman–Crippen MR) is 160 cm³/mol. The van der Waals surface area contributed by atoms with Gasteiger partial charge in [-0.25, -0.2) is 4.79 Å². The maximum atomic E-state index is 12.8. The van der Waals surface area contributed by atoms with Crippen molar-refractivity contribution in [3.05, 3.63) is 118 Å². The van der Waals surface area contributed by atoms with E-state index in [2.05, 4.69) is 0 Å². The minimum Gasteiger partial charge on any atom is -0.490 e. The number of carbonyl (C=O) groups is 2. The summed E-state index contributed by atoms with van der Waals surface area (Å²) < 4.78 is 12.2. The van der Waals surface area contributed by atoms with Crippen LogP contribution in [-0.4, -0.2) is 41.1 Å². The van der Waals surface area contributed by atoms with Crippen molar-refractivity contribution in [3.63, 3.8) is 0 Å². The summed E-state index contributed by atoms with van der Waals surface area (Å²) in [7, 11) is 0. The van der Waals surface area contributed by atoms with Crippen molar-refractivity contribution >= 4 is 11.9 Å². The highest BCUT2D eigenvalue weighted by atomic mass is 16.5. The molecule has 1 saturated heterocycles. The van der Waals surface area contributed by atoms with Crippen LogP contribution in [0.3, 0.4) is 0 Å². The fraction of sp³-hybridized carbons (Fsp3) is 0.257. The zero-order valence-corrected chi connectivity index (χ0v) is 23.7. The number of aromatic carboxylic acids is 1.